The average molecular weight is 393 g/mol. The van der Waals surface area contributed by atoms with Crippen molar-refractivity contribution in [3.05, 3.63) is 53.2 Å². The van der Waals surface area contributed by atoms with Gasteiger partial charge in [0.2, 0.25) is 5.88 Å². The molecule has 3 aromatic rings. The van der Waals surface area contributed by atoms with Crippen LogP contribution in [0.25, 0.3) is 11.0 Å². The summed E-state index contributed by atoms with van der Waals surface area (Å²) < 4.78 is 7.60. The van der Waals surface area contributed by atoms with Gasteiger partial charge in [-0.1, -0.05) is 30.3 Å². The number of hydrogen-bond donors (Lipinski definition) is 0. The van der Waals surface area contributed by atoms with E-state index in [0.29, 0.717) is 5.88 Å². The monoisotopic (exact) mass is 392 g/mol. The third kappa shape index (κ3) is 4.11. The highest BCUT2D eigenvalue weighted by atomic mass is 16.5. The van der Waals surface area contributed by atoms with Crippen LogP contribution in [0.5, 0.6) is 5.88 Å². The van der Waals surface area contributed by atoms with Gasteiger partial charge in [-0.25, -0.2) is 9.67 Å². The summed E-state index contributed by atoms with van der Waals surface area (Å²) in [6.45, 7) is 4.81. The Morgan fingerprint density at radius 1 is 1.24 bits per heavy atom. The summed E-state index contributed by atoms with van der Waals surface area (Å²) in [5.41, 5.74) is 4.11. The molecule has 1 atom stereocenters. The zero-order valence-corrected chi connectivity index (χ0v) is 17.4. The van der Waals surface area contributed by atoms with Gasteiger partial charge < -0.3 is 9.64 Å². The maximum absolute atomic E-state index is 12.9. The molecule has 3 heterocycles. The molecule has 0 saturated carbocycles. The van der Waals surface area contributed by atoms with Crippen LogP contribution in [-0.4, -0.2) is 44.8 Å². The maximum Gasteiger partial charge on any atom is 0.260 e. The molecule has 1 amide bonds. The number of likely N-dealkylation sites (tertiary alicyclic amines) is 1. The first-order valence-electron chi connectivity index (χ1n) is 10.3. The number of hydrogen-bond acceptors (Lipinski definition) is 4. The van der Waals surface area contributed by atoms with Crippen LogP contribution in [0.1, 0.15) is 36.1 Å². The van der Waals surface area contributed by atoms with E-state index in [-0.39, 0.29) is 18.6 Å². The minimum atomic E-state index is 0.0151. The third-order valence-corrected chi connectivity index (χ3v) is 5.73. The highest BCUT2D eigenvalue weighted by Crippen LogP contribution is 2.28. The van der Waals surface area contributed by atoms with Crippen molar-refractivity contribution < 1.29 is 9.53 Å². The molecule has 2 aromatic heterocycles. The molecule has 1 aromatic carbocycles. The van der Waals surface area contributed by atoms with Gasteiger partial charge in [-0.2, -0.15) is 0 Å². The molecule has 0 N–H and O–H groups in total. The Morgan fingerprint density at radius 2 is 2.03 bits per heavy atom. The minimum absolute atomic E-state index is 0.0151. The Hall–Kier alpha value is -2.89. The Bertz CT molecular complexity index is 1010. The molecule has 1 aliphatic heterocycles. The number of carbonyl (C=O) groups is 1. The molecule has 6 nitrogen and oxygen atoms in total. The van der Waals surface area contributed by atoms with Gasteiger partial charge in [0, 0.05) is 25.3 Å². The number of carbonyl (C=O) groups excluding carboxylic acids is 1. The lowest BCUT2D eigenvalue weighted by Gasteiger charge is -2.24. The Labute approximate surface area is 171 Å². The fourth-order valence-corrected chi connectivity index (χ4v) is 4.31. The van der Waals surface area contributed by atoms with Crippen molar-refractivity contribution in [2.75, 3.05) is 13.2 Å². The van der Waals surface area contributed by atoms with E-state index in [1.165, 1.54) is 5.56 Å². The summed E-state index contributed by atoms with van der Waals surface area (Å²) in [4.78, 5) is 19.4. The van der Waals surface area contributed by atoms with Gasteiger partial charge in [0.1, 0.15) is 0 Å². The van der Waals surface area contributed by atoms with Crippen LogP contribution in [0, 0.1) is 13.8 Å². The highest BCUT2D eigenvalue weighted by molar-refractivity contribution is 5.85. The number of aryl methyl sites for hydroxylation is 4. The molecule has 0 bridgehead atoms. The molecule has 0 spiro atoms. The lowest BCUT2D eigenvalue weighted by molar-refractivity contribution is -0.134. The van der Waals surface area contributed by atoms with Crippen molar-refractivity contribution in [1.82, 2.24) is 19.7 Å². The summed E-state index contributed by atoms with van der Waals surface area (Å²) in [7, 11) is 1.85. The molecule has 6 heteroatoms. The SMILES string of the molecule is Cc1cc(C)c2c(OCC(=O)N3CCCC3CCc3ccccc3)nn(C)c2n1. The number of aromatic nitrogens is 3. The second-order valence-corrected chi connectivity index (χ2v) is 7.90. The first-order chi connectivity index (χ1) is 14.0. The molecule has 1 fully saturated rings. The molecule has 1 unspecified atom stereocenters. The predicted octanol–water partition coefficient (Wildman–Crippen LogP) is 3.59. The Balaban J connectivity index is 1.41. The number of pyridine rings is 1. The van der Waals surface area contributed by atoms with Crippen molar-refractivity contribution >= 4 is 16.9 Å². The van der Waals surface area contributed by atoms with Gasteiger partial charge in [-0.3, -0.25) is 4.79 Å². The molecule has 1 aliphatic rings. The smallest absolute Gasteiger partial charge is 0.260 e. The van der Waals surface area contributed by atoms with Crippen LogP contribution < -0.4 is 4.74 Å². The molecule has 4 rings (SSSR count). The van der Waals surface area contributed by atoms with Gasteiger partial charge in [0.25, 0.3) is 5.91 Å². The maximum atomic E-state index is 12.9. The first kappa shape index (κ1) is 19.4. The Morgan fingerprint density at radius 3 is 2.83 bits per heavy atom. The zero-order valence-electron chi connectivity index (χ0n) is 17.4. The van der Waals surface area contributed by atoms with Gasteiger partial charge >= 0.3 is 0 Å². The average Bonchev–Trinajstić information content (AvgIpc) is 3.30. The summed E-state index contributed by atoms with van der Waals surface area (Å²) in [5, 5.41) is 5.33. The lowest BCUT2D eigenvalue weighted by Crippen LogP contribution is -2.39. The molecule has 0 aliphatic carbocycles. The summed E-state index contributed by atoms with van der Waals surface area (Å²) in [6.07, 6.45) is 4.10. The number of amides is 1. The standard InChI is InChI=1S/C23H28N4O2/c1-16-14-17(2)24-22-21(16)23(25-26(22)3)29-15-20(28)27-13-7-10-19(27)12-11-18-8-5-4-6-9-18/h4-6,8-9,14,19H,7,10-13,15H2,1-3H3. The van der Waals surface area contributed by atoms with Gasteiger partial charge in [0.15, 0.2) is 12.3 Å². The molecule has 152 valence electrons. The van der Waals surface area contributed by atoms with E-state index in [2.05, 4.69) is 34.3 Å². The van der Waals surface area contributed by atoms with Gasteiger partial charge in [-0.15, -0.1) is 5.10 Å². The normalized spacial score (nSPS) is 16.5. The highest BCUT2D eigenvalue weighted by Gasteiger charge is 2.29. The third-order valence-electron chi connectivity index (χ3n) is 5.73. The minimum Gasteiger partial charge on any atom is -0.466 e. The summed E-state index contributed by atoms with van der Waals surface area (Å²) in [5.74, 6) is 0.526. The van der Waals surface area contributed by atoms with Crippen molar-refractivity contribution in [3.8, 4) is 5.88 Å². The lowest BCUT2D eigenvalue weighted by atomic mass is 10.0. The molecular weight excluding hydrogens is 364 g/mol. The van der Waals surface area contributed by atoms with E-state index in [0.717, 1.165) is 54.5 Å². The zero-order chi connectivity index (χ0) is 20.4. The molecule has 0 radical (unpaired) electrons. The number of nitrogens with zero attached hydrogens (tertiary/aromatic N) is 4. The fraction of sp³-hybridized carbons (Fsp3) is 0.435. The van der Waals surface area contributed by atoms with E-state index in [1.807, 2.05) is 37.9 Å². The molecule has 1 saturated heterocycles. The van der Waals surface area contributed by atoms with E-state index < -0.39 is 0 Å². The second kappa shape index (κ2) is 8.23. The number of fused-ring (bicyclic) bond motifs is 1. The van der Waals surface area contributed by atoms with E-state index in [4.69, 9.17) is 4.74 Å². The van der Waals surface area contributed by atoms with E-state index >= 15 is 0 Å². The quantitative estimate of drug-likeness (QED) is 0.643. The van der Waals surface area contributed by atoms with Crippen LogP contribution in [0.2, 0.25) is 0 Å². The van der Waals surface area contributed by atoms with Crippen molar-refractivity contribution in [2.24, 2.45) is 7.05 Å². The number of benzene rings is 1. The van der Waals surface area contributed by atoms with Crippen LogP contribution in [0.3, 0.4) is 0 Å². The second-order valence-electron chi connectivity index (χ2n) is 7.90. The number of ether oxygens (including phenoxy) is 1. The largest absolute Gasteiger partial charge is 0.466 e. The van der Waals surface area contributed by atoms with Crippen molar-refractivity contribution in [2.45, 2.75) is 45.6 Å². The molecular formula is C23H28N4O2. The summed E-state index contributed by atoms with van der Waals surface area (Å²) >= 11 is 0. The van der Waals surface area contributed by atoms with E-state index in [9.17, 15) is 4.79 Å². The van der Waals surface area contributed by atoms with Crippen LogP contribution in [-0.2, 0) is 18.3 Å². The van der Waals surface area contributed by atoms with Crippen molar-refractivity contribution in [1.29, 1.82) is 0 Å². The first-order valence-corrected chi connectivity index (χ1v) is 10.3. The van der Waals surface area contributed by atoms with Gasteiger partial charge in [-0.05, 0) is 56.7 Å². The molecule has 29 heavy (non-hydrogen) atoms. The van der Waals surface area contributed by atoms with E-state index in [1.54, 1.807) is 4.68 Å². The Kier molecular flexibility index (Phi) is 5.51. The number of rotatable bonds is 6. The summed E-state index contributed by atoms with van der Waals surface area (Å²) in [6, 6.07) is 12.8. The fourth-order valence-electron chi connectivity index (χ4n) is 4.31. The van der Waals surface area contributed by atoms with Crippen LogP contribution in [0.15, 0.2) is 36.4 Å². The predicted molar refractivity (Wildman–Crippen MR) is 113 cm³/mol. The van der Waals surface area contributed by atoms with Crippen molar-refractivity contribution in [3.63, 3.8) is 0 Å². The van der Waals surface area contributed by atoms with Crippen LogP contribution >= 0.6 is 0 Å². The van der Waals surface area contributed by atoms with Gasteiger partial charge in [0.05, 0.1) is 5.39 Å². The topological polar surface area (TPSA) is 60.2 Å². The van der Waals surface area contributed by atoms with Crippen LogP contribution in [0.4, 0.5) is 0 Å².